The van der Waals surface area contributed by atoms with Crippen molar-refractivity contribution in [2.75, 3.05) is 33.2 Å². The molecule has 0 saturated carbocycles. The second kappa shape index (κ2) is 10.7. The van der Waals surface area contributed by atoms with Gasteiger partial charge in [0.15, 0.2) is 5.96 Å². The summed E-state index contributed by atoms with van der Waals surface area (Å²) in [6.45, 7) is 6.67. The number of fused-ring (bicyclic) bond motifs is 1. The molecule has 1 aliphatic heterocycles. The zero-order chi connectivity index (χ0) is 17.5. The normalized spacial score (nSPS) is 16.5. The van der Waals surface area contributed by atoms with Crippen LogP contribution >= 0.6 is 24.0 Å². The Morgan fingerprint density at radius 3 is 2.81 bits per heavy atom. The Hall–Kier alpha value is -1.35. The first-order valence-electron chi connectivity index (χ1n) is 9.40. The Balaban J connectivity index is 0.00000243. The lowest BCUT2D eigenvalue weighted by Crippen LogP contribution is -2.49. The van der Waals surface area contributed by atoms with Gasteiger partial charge < -0.3 is 19.9 Å². The Bertz CT molecular complexity index is 657. The molecule has 0 aromatic carbocycles. The van der Waals surface area contributed by atoms with Crippen molar-refractivity contribution in [2.45, 2.75) is 38.6 Å². The van der Waals surface area contributed by atoms with Crippen LogP contribution < -0.4 is 10.6 Å². The van der Waals surface area contributed by atoms with Crippen molar-refractivity contribution < 1.29 is 0 Å². The Kier molecular flexibility index (Phi) is 8.64. The number of piperidine rings is 1. The number of aliphatic imine (C=N–C) groups is 1. The molecule has 0 aliphatic carbocycles. The molecule has 0 radical (unpaired) electrons. The molecule has 1 fully saturated rings. The third kappa shape index (κ3) is 5.84. The summed E-state index contributed by atoms with van der Waals surface area (Å²) in [7, 11) is 1.84. The van der Waals surface area contributed by atoms with E-state index in [0.717, 1.165) is 30.3 Å². The summed E-state index contributed by atoms with van der Waals surface area (Å²) >= 11 is 0. The molecule has 7 heteroatoms. The van der Waals surface area contributed by atoms with Crippen LogP contribution in [0.4, 0.5) is 0 Å². The lowest BCUT2D eigenvalue weighted by molar-refractivity contribution is 0.206. The van der Waals surface area contributed by atoms with Gasteiger partial charge in [-0.1, -0.05) is 13.0 Å². The van der Waals surface area contributed by atoms with Gasteiger partial charge in [0.1, 0.15) is 5.65 Å². The maximum Gasteiger partial charge on any atom is 0.191 e. The molecule has 144 valence electrons. The molecule has 0 spiro atoms. The SMILES string of the molecule is CCCN1CCC(NC(=NC)NCCc2cn3ccccc3n2)CC1.I. The van der Waals surface area contributed by atoms with Crippen molar-refractivity contribution in [3.05, 3.63) is 36.3 Å². The van der Waals surface area contributed by atoms with E-state index in [-0.39, 0.29) is 24.0 Å². The minimum atomic E-state index is 0. The third-order valence-corrected chi connectivity index (χ3v) is 4.78. The van der Waals surface area contributed by atoms with E-state index in [4.69, 9.17) is 0 Å². The van der Waals surface area contributed by atoms with Gasteiger partial charge in [0.05, 0.1) is 5.69 Å². The lowest BCUT2D eigenvalue weighted by Gasteiger charge is -2.32. The van der Waals surface area contributed by atoms with Gasteiger partial charge >= 0.3 is 0 Å². The van der Waals surface area contributed by atoms with Crippen molar-refractivity contribution in [1.82, 2.24) is 24.9 Å². The summed E-state index contributed by atoms with van der Waals surface area (Å²) in [5, 5.41) is 6.99. The van der Waals surface area contributed by atoms with E-state index < -0.39 is 0 Å². The van der Waals surface area contributed by atoms with Crippen LogP contribution in [0, 0.1) is 0 Å². The average Bonchev–Trinajstić information content (AvgIpc) is 3.05. The molecule has 2 aromatic rings. The summed E-state index contributed by atoms with van der Waals surface area (Å²) in [5.74, 6) is 0.901. The highest BCUT2D eigenvalue weighted by Crippen LogP contribution is 2.10. The van der Waals surface area contributed by atoms with Crippen LogP contribution in [0.2, 0.25) is 0 Å². The van der Waals surface area contributed by atoms with Crippen LogP contribution in [0.3, 0.4) is 0 Å². The number of pyridine rings is 1. The molecule has 6 nitrogen and oxygen atoms in total. The minimum absolute atomic E-state index is 0. The van der Waals surface area contributed by atoms with Gasteiger partial charge in [0.2, 0.25) is 0 Å². The maximum absolute atomic E-state index is 4.63. The van der Waals surface area contributed by atoms with Gasteiger partial charge in [-0.25, -0.2) is 4.98 Å². The Morgan fingerprint density at radius 2 is 2.12 bits per heavy atom. The average molecular weight is 470 g/mol. The highest BCUT2D eigenvalue weighted by Gasteiger charge is 2.19. The molecule has 0 bridgehead atoms. The first kappa shape index (κ1) is 21.0. The second-order valence-electron chi connectivity index (χ2n) is 6.71. The van der Waals surface area contributed by atoms with E-state index in [1.807, 2.05) is 31.4 Å². The van der Waals surface area contributed by atoms with Crippen molar-refractivity contribution >= 4 is 35.6 Å². The number of nitrogens with zero attached hydrogens (tertiary/aromatic N) is 4. The number of nitrogens with one attached hydrogen (secondary N) is 2. The lowest BCUT2D eigenvalue weighted by atomic mass is 10.1. The largest absolute Gasteiger partial charge is 0.356 e. The van der Waals surface area contributed by atoms with Crippen molar-refractivity contribution in [1.29, 1.82) is 0 Å². The fraction of sp³-hybridized carbons (Fsp3) is 0.579. The summed E-state index contributed by atoms with van der Waals surface area (Å²) in [5.41, 5.74) is 2.10. The van der Waals surface area contributed by atoms with Gasteiger partial charge in [0.25, 0.3) is 0 Å². The zero-order valence-electron chi connectivity index (χ0n) is 15.8. The molecular weight excluding hydrogens is 439 g/mol. The van der Waals surface area contributed by atoms with Gasteiger partial charge in [-0.2, -0.15) is 0 Å². The molecule has 3 rings (SSSR count). The highest BCUT2D eigenvalue weighted by atomic mass is 127. The van der Waals surface area contributed by atoms with E-state index in [1.54, 1.807) is 0 Å². The van der Waals surface area contributed by atoms with E-state index in [9.17, 15) is 0 Å². The van der Waals surface area contributed by atoms with Crippen LogP contribution in [0.25, 0.3) is 5.65 Å². The summed E-state index contributed by atoms with van der Waals surface area (Å²) in [6.07, 6.45) is 8.63. The molecule has 2 aromatic heterocycles. The van der Waals surface area contributed by atoms with Crippen LogP contribution in [0.1, 0.15) is 31.9 Å². The molecule has 0 atom stereocenters. The van der Waals surface area contributed by atoms with Gasteiger partial charge in [0, 0.05) is 51.5 Å². The molecule has 2 N–H and O–H groups in total. The number of aromatic nitrogens is 2. The monoisotopic (exact) mass is 470 g/mol. The van der Waals surface area contributed by atoms with Gasteiger partial charge in [-0.3, -0.25) is 4.99 Å². The van der Waals surface area contributed by atoms with Crippen LogP contribution in [-0.2, 0) is 6.42 Å². The topological polar surface area (TPSA) is 57.0 Å². The predicted octanol–water partition coefficient (Wildman–Crippen LogP) is 2.53. The van der Waals surface area contributed by atoms with Crippen molar-refractivity contribution in [3.63, 3.8) is 0 Å². The van der Waals surface area contributed by atoms with Crippen LogP contribution in [-0.4, -0.2) is 59.5 Å². The number of hydrogen-bond donors (Lipinski definition) is 2. The smallest absolute Gasteiger partial charge is 0.191 e. The van der Waals surface area contributed by atoms with E-state index >= 15 is 0 Å². The third-order valence-electron chi connectivity index (χ3n) is 4.78. The van der Waals surface area contributed by atoms with Crippen molar-refractivity contribution in [2.24, 2.45) is 4.99 Å². The second-order valence-corrected chi connectivity index (χ2v) is 6.71. The number of rotatable bonds is 6. The molecule has 1 aliphatic rings. The molecule has 0 amide bonds. The quantitative estimate of drug-likeness (QED) is 0.387. The van der Waals surface area contributed by atoms with Crippen LogP contribution in [0.5, 0.6) is 0 Å². The van der Waals surface area contributed by atoms with E-state index in [0.29, 0.717) is 6.04 Å². The predicted molar refractivity (Wildman–Crippen MR) is 119 cm³/mol. The van der Waals surface area contributed by atoms with E-state index in [1.165, 1.54) is 38.9 Å². The molecular formula is C19H31IN6. The summed E-state index contributed by atoms with van der Waals surface area (Å²) in [6, 6.07) is 6.59. The van der Waals surface area contributed by atoms with Gasteiger partial charge in [-0.15, -0.1) is 24.0 Å². The number of halogens is 1. The first-order chi connectivity index (χ1) is 12.3. The molecule has 1 saturated heterocycles. The molecule has 0 unspecified atom stereocenters. The minimum Gasteiger partial charge on any atom is -0.356 e. The first-order valence-corrected chi connectivity index (χ1v) is 9.40. The molecule has 3 heterocycles. The van der Waals surface area contributed by atoms with E-state index in [2.05, 4.69) is 43.0 Å². The number of hydrogen-bond acceptors (Lipinski definition) is 3. The zero-order valence-corrected chi connectivity index (χ0v) is 18.1. The fourth-order valence-corrected chi connectivity index (χ4v) is 3.42. The fourth-order valence-electron chi connectivity index (χ4n) is 3.42. The highest BCUT2D eigenvalue weighted by molar-refractivity contribution is 14.0. The van der Waals surface area contributed by atoms with Crippen molar-refractivity contribution in [3.8, 4) is 0 Å². The van der Waals surface area contributed by atoms with Gasteiger partial charge in [-0.05, 0) is 37.9 Å². The summed E-state index contributed by atoms with van der Waals surface area (Å²) in [4.78, 5) is 11.6. The van der Waals surface area contributed by atoms with Crippen LogP contribution in [0.15, 0.2) is 35.6 Å². The number of imidazole rings is 1. The Labute approximate surface area is 173 Å². The standard InChI is InChI=1S/C19H30N6.HI/c1-3-11-24-13-8-16(9-14-24)23-19(20-2)21-10-7-17-15-25-12-5-4-6-18(25)22-17;/h4-6,12,15-16H,3,7-11,13-14H2,1-2H3,(H2,20,21,23);1H. The number of likely N-dealkylation sites (tertiary alicyclic amines) is 1. The Morgan fingerprint density at radius 1 is 1.31 bits per heavy atom. The maximum atomic E-state index is 4.63. The molecule has 26 heavy (non-hydrogen) atoms. The summed E-state index contributed by atoms with van der Waals surface area (Å²) < 4.78 is 2.06. The number of guanidine groups is 1.